The number of pyridine rings is 1. The molecule has 0 aliphatic rings. The molecular formula is C25H28ClN3. The summed E-state index contributed by atoms with van der Waals surface area (Å²) in [6.45, 7) is 10.3. The Balaban J connectivity index is 0.00000240. The molecule has 2 heterocycles. The number of fused-ring (bicyclic) bond motifs is 1. The molecule has 29 heavy (non-hydrogen) atoms. The van der Waals surface area contributed by atoms with E-state index < -0.39 is 0 Å². The molecule has 2 aromatic heterocycles. The predicted octanol–water partition coefficient (Wildman–Crippen LogP) is 6.35. The summed E-state index contributed by atoms with van der Waals surface area (Å²) in [5.74, 6) is 0.946. The minimum Gasteiger partial charge on any atom is -0.364 e. The molecular weight excluding hydrogens is 378 g/mol. The van der Waals surface area contributed by atoms with Crippen molar-refractivity contribution in [2.45, 2.75) is 40.8 Å². The monoisotopic (exact) mass is 405 g/mol. The standard InChI is InChI=1S/C25H27N3.ClH/c1-17-5-9-21(10-6-17)15-27-25-24-23(13-14-26-25)19(3)20(4)28(24)16-22-11-7-18(2)8-12-22;/h5-14H,15-16H2,1-4H3,(H,26,27);1H. The maximum Gasteiger partial charge on any atom is 0.150 e. The highest BCUT2D eigenvalue weighted by Crippen LogP contribution is 2.30. The highest BCUT2D eigenvalue weighted by molar-refractivity contribution is 5.93. The maximum atomic E-state index is 4.68. The number of nitrogens with zero attached hydrogens (tertiary/aromatic N) is 2. The molecule has 0 radical (unpaired) electrons. The van der Waals surface area contributed by atoms with Crippen molar-refractivity contribution in [2.24, 2.45) is 0 Å². The Morgan fingerprint density at radius 3 is 2.00 bits per heavy atom. The molecule has 0 bridgehead atoms. The van der Waals surface area contributed by atoms with E-state index in [1.807, 2.05) is 6.20 Å². The Labute approximate surface area is 179 Å². The van der Waals surface area contributed by atoms with E-state index in [4.69, 9.17) is 0 Å². The summed E-state index contributed by atoms with van der Waals surface area (Å²) in [4.78, 5) is 4.68. The van der Waals surface area contributed by atoms with Crippen LogP contribution >= 0.6 is 12.4 Å². The molecule has 0 atom stereocenters. The maximum absolute atomic E-state index is 4.68. The fraction of sp³-hybridized carbons (Fsp3) is 0.240. The van der Waals surface area contributed by atoms with E-state index in [-0.39, 0.29) is 12.4 Å². The zero-order chi connectivity index (χ0) is 19.7. The van der Waals surface area contributed by atoms with Crippen LogP contribution in [0.3, 0.4) is 0 Å². The van der Waals surface area contributed by atoms with Crippen molar-refractivity contribution in [3.63, 3.8) is 0 Å². The molecule has 0 amide bonds. The quantitative estimate of drug-likeness (QED) is 0.419. The van der Waals surface area contributed by atoms with Gasteiger partial charge in [0.05, 0.1) is 5.52 Å². The molecule has 0 saturated heterocycles. The lowest BCUT2D eigenvalue weighted by Gasteiger charge is -2.13. The molecule has 3 nitrogen and oxygen atoms in total. The van der Waals surface area contributed by atoms with E-state index in [9.17, 15) is 0 Å². The van der Waals surface area contributed by atoms with Crippen molar-refractivity contribution >= 4 is 29.1 Å². The molecule has 0 aliphatic carbocycles. The molecule has 0 fully saturated rings. The number of hydrogen-bond donors (Lipinski definition) is 1. The van der Waals surface area contributed by atoms with Gasteiger partial charge in [0, 0.05) is 30.4 Å². The number of hydrogen-bond acceptors (Lipinski definition) is 2. The van der Waals surface area contributed by atoms with Crippen molar-refractivity contribution in [3.05, 3.63) is 94.3 Å². The number of aromatic nitrogens is 2. The molecule has 150 valence electrons. The Morgan fingerprint density at radius 2 is 1.38 bits per heavy atom. The average Bonchev–Trinajstić information content (AvgIpc) is 2.95. The van der Waals surface area contributed by atoms with Gasteiger partial charge in [-0.3, -0.25) is 0 Å². The third-order valence-corrected chi connectivity index (χ3v) is 5.59. The number of rotatable bonds is 5. The minimum atomic E-state index is 0. The zero-order valence-electron chi connectivity index (χ0n) is 17.5. The zero-order valence-corrected chi connectivity index (χ0v) is 18.3. The van der Waals surface area contributed by atoms with Crippen molar-refractivity contribution in [1.82, 2.24) is 9.55 Å². The van der Waals surface area contributed by atoms with Crippen molar-refractivity contribution in [3.8, 4) is 0 Å². The van der Waals surface area contributed by atoms with Gasteiger partial charge in [0.25, 0.3) is 0 Å². The first-order chi connectivity index (χ1) is 13.5. The molecule has 0 unspecified atom stereocenters. The Bertz CT molecular complexity index is 1110. The highest BCUT2D eigenvalue weighted by atomic mass is 35.5. The van der Waals surface area contributed by atoms with Crippen LogP contribution in [0.1, 0.15) is 33.5 Å². The topological polar surface area (TPSA) is 29.9 Å². The van der Waals surface area contributed by atoms with Crippen LogP contribution in [-0.4, -0.2) is 9.55 Å². The van der Waals surface area contributed by atoms with Crippen LogP contribution in [0.25, 0.3) is 10.9 Å². The molecule has 0 spiro atoms. The van der Waals surface area contributed by atoms with E-state index in [0.717, 1.165) is 18.9 Å². The third kappa shape index (κ3) is 4.30. The number of aryl methyl sites for hydroxylation is 3. The van der Waals surface area contributed by atoms with E-state index in [0.29, 0.717) is 0 Å². The van der Waals surface area contributed by atoms with Crippen LogP contribution in [0.4, 0.5) is 5.82 Å². The molecule has 4 aromatic rings. The first kappa shape index (κ1) is 20.9. The second-order valence-corrected chi connectivity index (χ2v) is 7.68. The van der Waals surface area contributed by atoms with Gasteiger partial charge in [-0.15, -0.1) is 12.4 Å². The Kier molecular flexibility index (Phi) is 6.29. The second kappa shape index (κ2) is 8.71. The first-order valence-corrected chi connectivity index (χ1v) is 9.82. The lowest BCUT2D eigenvalue weighted by molar-refractivity contribution is 0.799. The van der Waals surface area contributed by atoms with Gasteiger partial charge < -0.3 is 9.88 Å². The van der Waals surface area contributed by atoms with Gasteiger partial charge in [-0.25, -0.2) is 4.98 Å². The molecule has 4 heteroatoms. The van der Waals surface area contributed by atoms with Gasteiger partial charge in [0.1, 0.15) is 0 Å². The van der Waals surface area contributed by atoms with Crippen LogP contribution in [-0.2, 0) is 13.1 Å². The average molecular weight is 406 g/mol. The molecule has 0 saturated carbocycles. The number of benzene rings is 2. The van der Waals surface area contributed by atoms with E-state index >= 15 is 0 Å². The number of anilines is 1. The van der Waals surface area contributed by atoms with Gasteiger partial charge in [-0.05, 0) is 50.5 Å². The summed E-state index contributed by atoms with van der Waals surface area (Å²) in [6.07, 6.45) is 1.91. The van der Waals surface area contributed by atoms with Crippen molar-refractivity contribution in [1.29, 1.82) is 0 Å². The van der Waals surface area contributed by atoms with Crippen LogP contribution in [0.5, 0.6) is 0 Å². The van der Waals surface area contributed by atoms with E-state index in [2.05, 4.69) is 97.2 Å². The second-order valence-electron chi connectivity index (χ2n) is 7.68. The summed E-state index contributed by atoms with van der Waals surface area (Å²) in [6, 6.07) is 19.6. The Morgan fingerprint density at radius 1 is 0.793 bits per heavy atom. The highest BCUT2D eigenvalue weighted by Gasteiger charge is 2.15. The van der Waals surface area contributed by atoms with Gasteiger partial charge in [0.15, 0.2) is 5.82 Å². The van der Waals surface area contributed by atoms with Crippen LogP contribution in [0.15, 0.2) is 60.8 Å². The summed E-state index contributed by atoms with van der Waals surface area (Å²) in [7, 11) is 0. The van der Waals surface area contributed by atoms with Crippen LogP contribution in [0, 0.1) is 27.7 Å². The normalized spacial score (nSPS) is 10.8. The third-order valence-electron chi connectivity index (χ3n) is 5.59. The van der Waals surface area contributed by atoms with Gasteiger partial charge in [-0.1, -0.05) is 59.7 Å². The van der Waals surface area contributed by atoms with Crippen LogP contribution < -0.4 is 5.32 Å². The predicted molar refractivity (Wildman–Crippen MR) is 125 cm³/mol. The molecule has 2 aromatic carbocycles. The summed E-state index contributed by atoms with van der Waals surface area (Å²) in [5.41, 5.74) is 8.93. The smallest absolute Gasteiger partial charge is 0.150 e. The lowest BCUT2D eigenvalue weighted by Crippen LogP contribution is -2.07. The summed E-state index contributed by atoms with van der Waals surface area (Å²) in [5, 5.41) is 4.84. The van der Waals surface area contributed by atoms with Crippen LogP contribution in [0.2, 0.25) is 0 Å². The summed E-state index contributed by atoms with van der Waals surface area (Å²) < 4.78 is 2.39. The number of halogens is 1. The van der Waals surface area contributed by atoms with Crippen molar-refractivity contribution in [2.75, 3.05) is 5.32 Å². The number of nitrogens with one attached hydrogen (secondary N) is 1. The fourth-order valence-electron chi connectivity index (χ4n) is 3.69. The van der Waals surface area contributed by atoms with Crippen molar-refractivity contribution < 1.29 is 0 Å². The first-order valence-electron chi connectivity index (χ1n) is 9.82. The molecule has 4 rings (SSSR count). The van der Waals surface area contributed by atoms with E-state index in [1.54, 1.807) is 0 Å². The minimum absolute atomic E-state index is 0. The van der Waals surface area contributed by atoms with Gasteiger partial charge >= 0.3 is 0 Å². The van der Waals surface area contributed by atoms with Gasteiger partial charge in [0.2, 0.25) is 0 Å². The summed E-state index contributed by atoms with van der Waals surface area (Å²) >= 11 is 0. The lowest BCUT2D eigenvalue weighted by atomic mass is 10.1. The fourth-order valence-corrected chi connectivity index (χ4v) is 3.69. The largest absolute Gasteiger partial charge is 0.364 e. The molecule has 1 N–H and O–H groups in total. The molecule has 0 aliphatic heterocycles. The van der Waals surface area contributed by atoms with E-state index in [1.165, 1.54) is 44.4 Å². The Hall–Kier alpha value is -2.78. The van der Waals surface area contributed by atoms with Gasteiger partial charge in [-0.2, -0.15) is 0 Å². The SMILES string of the molecule is Cc1ccc(CNc2nccc3c(C)c(C)n(Cc4ccc(C)cc4)c23)cc1.Cl.